The van der Waals surface area contributed by atoms with Gasteiger partial charge in [-0.05, 0) is 18.6 Å². The number of nitrogen functional groups attached to an aromatic ring is 1. The Balaban J connectivity index is 3.53. The van der Waals surface area contributed by atoms with Crippen LogP contribution in [0.25, 0.3) is 0 Å². The van der Waals surface area contributed by atoms with Gasteiger partial charge in [-0.3, -0.25) is 10.1 Å². The topological polar surface area (TPSA) is 69.2 Å². The van der Waals surface area contributed by atoms with Gasteiger partial charge in [-0.25, -0.2) is 0 Å². The first-order valence-electron chi connectivity index (χ1n) is 3.33. The Morgan fingerprint density at radius 3 is 2.54 bits per heavy atom. The highest BCUT2D eigenvalue weighted by Gasteiger charge is 2.20. The molecule has 4 nitrogen and oxygen atoms in total. The zero-order chi connectivity index (χ0) is 10.2. The molecule has 1 rings (SSSR count). The van der Waals surface area contributed by atoms with E-state index in [1.54, 1.807) is 6.92 Å². The number of nitro benzene ring substituents is 1. The normalized spacial score (nSPS) is 10.1. The lowest BCUT2D eigenvalue weighted by atomic mass is 10.2. The van der Waals surface area contributed by atoms with Gasteiger partial charge in [0.05, 0.1) is 4.92 Å². The van der Waals surface area contributed by atoms with Crippen molar-refractivity contribution in [3.05, 3.63) is 31.8 Å². The van der Waals surface area contributed by atoms with Gasteiger partial charge in [0.15, 0.2) is 0 Å². The molecule has 1 aromatic rings. The van der Waals surface area contributed by atoms with Gasteiger partial charge in [0.25, 0.3) is 0 Å². The third-order valence-corrected chi connectivity index (χ3v) is 2.49. The second-order valence-corrected chi connectivity index (χ2v) is 3.28. The predicted molar refractivity (Wildman–Crippen MR) is 52.3 cm³/mol. The third kappa shape index (κ3) is 1.68. The lowest BCUT2D eigenvalue weighted by Crippen LogP contribution is -1.98. The van der Waals surface area contributed by atoms with Crippen LogP contribution in [0.5, 0.6) is 0 Å². The smallest absolute Gasteiger partial charge is 0.310 e. The highest BCUT2D eigenvalue weighted by Crippen LogP contribution is 2.37. The summed E-state index contributed by atoms with van der Waals surface area (Å²) in [5, 5.41) is 10.8. The van der Waals surface area contributed by atoms with E-state index in [0.29, 0.717) is 10.6 Å². The minimum Gasteiger partial charge on any atom is -0.393 e. The highest BCUT2D eigenvalue weighted by atomic mass is 35.5. The van der Waals surface area contributed by atoms with Gasteiger partial charge in [0, 0.05) is 5.02 Å². The predicted octanol–water partition coefficient (Wildman–Crippen LogP) is 2.79. The molecule has 0 atom stereocenters. The van der Waals surface area contributed by atoms with Crippen molar-refractivity contribution in [2.75, 3.05) is 5.73 Å². The van der Waals surface area contributed by atoms with Crippen molar-refractivity contribution in [2.24, 2.45) is 0 Å². The van der Waals surface area contributed by atoms with Crippen LogP contribution in [0.1, 0.15) is 5.56 Å². The van der Waals surface area contributed by atoms with Crippen LogP contribution >= 0.6 is 23.2 Å². The van der Waals surface area contributed by atoms with E-state index in [0.717, 1.165) is 0 Å². The number of halogens is 2. The Labute approximate surface area is 84.4 Å². The lowest BCUT2D eigenvalue weighted by molar-refractivity contribution is -0.383. The van der Waals surface area contributed by atoms with E-state index in [4.69, 9.17) is 28.9 Å². The third-order valence-electron chi connectivity index (χ3n) is 1.63. The number of hydrogen-bond donors (Lipinski definition) is 1. The molecule has 0 aromatic heterocycles. The van der Waals surface area contributed by atoms with E-state index >= 15 is 0 Å². The Kier molecular flexibility index (Phi) is 2.63. The Hall–Kier alpha value is -1.00. The molecule has 0 spiro atoms. The van der Waals surface area contributed by atoms with Crippen LogP contribution in [0.2, 0.25) is 10.0 Å². The van der Waals surface area contributed by atoms with Crippen LogP contribution in [0.3, 0.4) is 0 Å². The molecule has 0 radical (unpaired) electrons. The molecule has 0 bridgehead atoms. The first-order valence-corrected chi connectivity index (χ1v) is 4.09. The van der Waals surface area contributed by atoms with Gasteiger partial charge < -0.3 is 5.73 Å². The maximum absolute atomic E-state index is 10.5. The maximum atomic E-state index is 10.5. The SMILES string of the molecule is Cc1c(Cl)cc(N)c([N+](=O)[O-])c1Cl. The summed E-state index contributed by atoms with van der Waals surface area (Å²) < 4.78 is 0. The average molecular weight is 221 g/mol. The number of nitro groups is 1. The lowest BCUT2D eigenvalue weighted by Gasteiger charge is -2.04. The Morgan fingerprint density at radius 1 is 1.54 bits per heavy atom. The first-order chi connectivity index (χ1) is 5.95. The molecule has 0 unspecified atom stereocenters. The second kappa shape index (κ2) is 3.40. The summed E-state index contributed by atoms with van der Waals surface area (Å²) in [6, 6.07) is 1.32. The van der Waals surface area contributed by atoms with E-state index in [9.17, 15) is 10.1 Å². The highest BCUT2D eigenvalue weighted by molar-refractivity contribution is 6.38. The molecule has 0 aliphatic rings. The number of nitrogens with zero attached hydrogens (tertiary/aromatic N) is 1. The minimum absolute atomic E-state index is 0.00463. The zero-order valence-corrected chi connectivity index (χ0v) is 8.19. The molecule has 0 amide bonds. The van der Waals surface area contributed by atoms with Crippen LogP contribution in [-0.2, 0) is 0 Å². The molecule has 13 heavy (non-hydrogen) atoms. The van der Waals surface area contributed by atoms with E-state index in [2.05, 4.69) is 0 Å². The second-order valence-electron chi connectivity index (χ2n) is 2.49. The molecular formula is C7H6Cl2N2O2. The van der Waals surface area contributed by atoms with Gasteiger partial charge in [-0.15, -0.1) is 0 Å². The number of benzene rings is 1. The monoisotopic (exact) mass is 220 g/mol. The number of rotatable bonds is 1. The molecule has 0 aliphatic carbocycles. The van der Waals surface area contributed by atoms with E-state index in [1.807, 2.05) is 0 Å². The Morgan fingerprint density at radius 2 is 2.08 bits per heavy atom. The summed E-state index contributed by atoms with van der Waals surface area (Å²) in [5.74, 6) is 0. The fraction of sp³-hybridized carbons (Fsp3) is 0.143. The van der Waals surface area contributed by atoms with Gasteiger partial charge >= 0.3 is 5.69 Å². The zero-order valence-electron chi connectivity index (χ0n) is 6.67. The number of hydrogen-bond acceptors (Lipinski definition) is 3. The molecular weight excluding hydrogens is 215 g/mol. The molecule has 2 N–H and O–H groups in total. The maximum Gasteiger partial charge on any atom is 0.310 e. The van der Waals surface area contributed by atoms with Crippen molar-refractivity contribution in [3.8, 4) is 0 Å². The molecule has 0 fully saturated rings. The van der Waals surface area contributed by atoms with Crippen LogP contribution < -0.4 is 5.73 Å². The van der Waals surface area contributed by atoms with Crippen LogP contribution in [0.4, 0.5) is 11.4 Å². The molecule has 6 heteroatoms. The van der Waals surface area contributed by atoms with Crippen molar-refractivity contribution in [1.29, 1.82) is 0 Å². The van der Waals surface area contributed by atoms with Gasteiger partial charge in [0.2, 0.25) is 0 Å². The summed E-state index contributed by atoms with van der Waals surface area (Å²) in [5.41, 5.74) is 5.53. The van der Waals surface area contributed by atoms with Crippen LogP contribution in [0, 0.1) is 17.0 Å². The van der Waals surface area contributed by atoms with E-state index in [-0.39, 0.29) is 16.4 Å². The largest absolute Gasteiger partial charge is 0.393 e. The van der Waals surface area contributed by atoms with Crippen molar-refractivity contribution in [2.45, 2.75) is 6.92 Å². The summed E-state index contributed by atoms with van der Waals surface area (Å²) in [7, 11) is 0. The molecule has 0 heterocycles. The fourth-order valence-electron chi connectivity index (χ4n) is 0.908. The van der Waals surface area contributed by atoms with Crippen molar-refractivity contribution in [1.82, 2.24) is 0 Å². The fourth-order valence-corrected chi connectivity index (χ4v) is 1.45. The van der Waals surface area contributed by atoms with E-state index < -0.39 is 4.92 Å². The van der Waals surface area contributed by atoms with Gasteiger partial charge in [-0.1, -0.05) is 23.2 Å². The number of nitrogens with two attached hydrogens (primary N) is 1. The number of anilines is 1. The summed E-state index contributed by atoms with van der Waals surface area (Å²) in [6.07, 6.45) is 0. The molecule has 70 valence electrons. The minimum atomic E-state index is -0.624. The molecule has 0 saturated heterocycles. The summed E-state index contributed by atoms with van der Waals surface area (Å²) >= 11 is 11.4. The summed E-state index contributed by atoms with van der Waals surface area (Å²) in [6.45, 7) is 1.59. The Bertz CT molecular complexity index is 379. The molecule has 1 aromatic carbocycles. The standard InChI is InChI=1S/C7H6Cl2N2O2/c1-3-4(8)2-5(10)7(6(3)9)11(12)13/h2H,10H2,1H3. The van der Waals surface area contributed by atoms with Gasteiger partial charge in [-0.2, -0.15) is 0 Å². The van der Waals surface area contributed by atoms with Crippen molar-refractivity contribution < 1.29 is 4.92 Å². The van der Waals surface area contributed by atoms with Crippen molar-refractivity contribution in [3.63, 3.8) is 0 Å². The summed E-state index contributed by atoms with van der Waals surface area (Å²) in [4.78, 5) is 9.88. The molecule has 0 aliphatic heterocycles. The van der Waals surface area contributed by atoms with Crippen LogP contribution in [0.15, 0.2) is 6.07 Å². The van der Waals surface area contributed by atoms with Gasteiger partial charge in [0.1, 0.15) is 10.7 Å². The first kappa shape index (κ1) is 10.1. The van der Waals surface area contributed by atoms with Crippen molar-refractivity contribution >= 4 is 34.6 Å². The average Bonchev–Trinajstić information content (AvgIpc) is 1.99. The molecule has 0 saturated carbocycles. The van der Waals surface area contributed by atoms with E-state index in [1.165, 1.54) is 6.07 Å². The van der Waals surface area contributed by atoms with Crippen LogP contribution in [-0.4, -0.2) is 4.92 Å². The quantitative estimate of drug-likeness (QED) is 0.450.